The number of Topliss-reactive ketones (excluding diaryl/α,β-unsaturated/α-hetero) is 2. The Morgan fingerprint density at radius 2 is 1.12 bits per heavy atom. The van der Waals surface area contributed by atoms with Gasteiger partial charge in [-0.1, -0.05) is 59.8 Å². The molecule has 0 N–H and O–H groups in total. The zero-order valence-electron chi connectivity index (χ0n) is 18.4. The van der Waals surface area contributed by atoms with Gasteiger partial charge in [0.15, 0.2) is 5.78 Å². The topological polar surface area (TPSA) is 51.2 Å². The molecule has 162 valence electrons. The Kier molecular flexibility index (Phi) is 6.66. The number of aryl methyl sites for hydroxylation is 2. The molecule has 0 atom stereocenters. The smallest absolute Gasteiger partial charge is 0.233 e. The SMILES string of the molecule is Cc1ccc(C)c(C(=O)C(=O)c2ccc(Sc3ccc(C(=O)c4ccccc4)cc3)cc2)c1. The molecule has 4 rings (SSSR count). The highest BCUT2D eigenvalue weighted by atomic mass is 32.2. The van der Waals surface area contributed by atoms with Gasteiger partial charge in [-0.15, -0.1) is 0 Å². The molecule has 0 saturated carbocycles. The zero-order valence-corrected chi connectivity index (χ0v) is 19.2. The minimum absolute atomic E-state index is 0.0106. The molecule has 4 aromatic carbocycles. The van der Waals surface area contributed by atoms with E-state index in [9.17, 15) is 14.4 Å². The van der Waals surface area contributed by atoms with Gasteiger partial charge in [0.2, 0.25) is 11.6 Å². The van der Waals surface area contributed by atoms with Crippen LogP contribution in [0, 0.1) is 13.8 Å². The average Bonchev–Trinajstić information content (AvgIpc) is 2.85. The van der Waals surface area contributed by atoms with Crippen molar-refractivity contribution >= 4 is 29.1 Å². The number of hydrogen-bond donors (Lipinski definition) is 0. The van der Waals surface area contributed by atoms with Crippen LogP contribution in [0.15, 0.2) is 107 Å². The van der Waals surface area contributed by atoms with Gasteiger partial charge in [0.25, 0.3) is 0 Å². The summed E-state index contributed by atoms with van der Waals surface area (Å²) >= 11 is 1.53. The molecule has 0 radical (unpaired) electrons. The molecule has 0 bridgehead atoms. The third kappa shape index (κ3) is 5.18. The molecule has 0 aliphatic rings. The van der Waals surface area contributed by atoms with Gasteiger partial charge in [-0.05, 0) is 74.0 Å². The Bertz CT molecular complexity index is 1320. The summed E-state index contributed by atoms with van der Waals surface area (Å²) in [7, 11) is 0. The third-order valence-corrected chi connectivity index (χ3v) is 6.36. The van der Waals surface area contributed by atoms with Crippen LogP contribution in [0.3, 0.4) is 0 Å². The van der Waals surface area contributed by atoms with Crippen molar-refractivity contribution in [1.29, 1.82) is 0 Å². The highest BCUT2D eigenvalue weighted by Crippen LogP contribution is 2.28. The van der Waals surface area contributed by atoms with Gasteiger partial charge in [-0.25, -0.2) is 0 Å². The minimum Gasteiger partial charge on any atom is -0.289 e. The van der Waals surface area contributed by atoms with Gasteiger partial charge in [-0.3, -0.25) is 14.4 Å². The van der Waals surface area contributed by atoms with Crippen LogP contribution in [0.5, 0.6) is 0 Å². The lowest BCUT2D eigenvalue weighted by atomic mass is 9.96. The first kappa shape index (κ1) is 22.4. The highest BCUT2D eigenvalue weighted by molar-refractivity contribution is 7.99. The lowest BCUT2D eigenvalue weighted by Crippen LogP contribution is -2.15. The van der Waals surface area contributed by atoms with Gasteiger partial charge >= 0.3 is 0 Å². The summed E-state index contributed by atoms with van der Waals surface area (Å²) in [5, 5.41) is 0. The van der Waals surface area contributed by atoms with Crippen LogP contribution in [0.2, 0.25) is 0 Å². The fourth-order valence-electron chi connectivity index (χ4n) is 3.47. The van der Waals surface area contributed by atoms with Crippen LogP contribution in [0.25, 0.3) is 0 Å². The maximum Gasteiger partial charge on any atom is 0.233 e. The van der Waals surface area contributed by atoms with Crippen LogP contribution < -0.4 is 0 Å². The molecule has 0 aromatic heterocycles. The van der Waals surface area contributed by atoms with E-state index < -0.39 is 11.6 Å². The largest absolute Gasteiger partial charge is 0.289 e. The number of carbonyl (C=O) groups excluding carboxylic acids is 3. The molecule has 33 heavy (non-hydrogen) atoms. The maximum absolute atomic E-state index is 12.7. The van der Waals surface area contributed by atoms with Gasteiger partial charge in [0.1, 0.15) is 0 Å². The van der Waals surface area contributed by atoms with E-state index in [0.717, 1.165) is 20.9 Å². The first-order chi connectivity index (χ1) is 15.9. The Labute approximate surface area is 197 Å². The summed E-state index contributed by atoms with van der Waals surface area (Å²) in [5.41, 5.74) is 3.85. The van der Waals surface area contributed by atoms with E-state index in [-0.39, 0.29) is 5.78 Å². The van der Waals surface area contributed by atoms with Crippen LogP contribution >= 0.6 is 11.8 Å². The fraction of sp³-hybridized carbons (Fsp3) is 0.0690. The number of ketones is 3. The van der Waals surface area contributed by atoms with E-state index in [4.69, 9.17) is 0 Å². The zero-order chi connectivity index (χ0) is 23.4. The lowest BCUT2D eigenvalue weighted by Gasteiger charge is -2.07. The van der Waals surface area contributed by atoms with Crippen molar-refractivity contribution in [2.75, 3.05) is 0 Å². The van der Waals surface area contributed by atoms with E-state index in [1.54, 1.807) is 30.3 Å². The summed E-state index contributed by atoms with van der Waals surface area (Å²) in [6, 6.07) is 29.2. The Morgan fingerprint density at radius 3 is 1.73 bits per heavy atom. The van der Waals surface area contributed by atoms with Crippen LogP contribution in [-0.2, 0) is 0 Å². The summed E-state index contributed by atoms with van der Waals surface area (Å²) in [4.78, 5) is 39.9. The highest BCUT2D eigenvalue weighted by Gasteiger charge is 2.20. The van der Waals surface area contributed by atoms with Crippen LogP contribution in [-0.4, -0.2) is 17.3 Å². The number of carbonyl (C=O) groups is 3. The Morgan fingerprint density at radius 1 is 0.576 bits per heavy atom. The van der Waals surface area contributed by atoms with Crippen molar-refractivity contribution in [3.63, 3.8) is 0 Å². The summed E-state index contributed by atoms with van der Waals surface area (Å²) in [5.74, 6) is -1.01. The summed E-state index contributed by atoms with van der Waals surface area (Å²) < 4.78 is 0. The average molecular weight is 451 g/mol. The van der Waals surface area contributed by atoms with E-state index >= 15 is 0 Å². The van der Waals surface area contributed by atoms with E-state index in [2.05, 4.69) is 0 Å². The van der Waals surface area contributed by atoms with Gasteiger partial charge in [0.05, 0.1) is 0 Å². The van der Waals surface area contributed by atoms with Crippen LogP contribution in [0.4, 0.5) is 0 Å². The van der Waals surface area contributed by atoms with Crippen molar-refractivity contribution in [3.05, 3.63) is 130 Å². The first-order valence-corrected chi connectivity index (χ1v) is 11.4. The van der Waals surface area contributed by atoms with Crippen molar-refractivity contribution in [1.82, 2.24) is 0 Å². The van der Waals surface area contributed by atoms with Gasteiger partial charge in [-0.2, -0.15) is 0 Å². The van der Waals surface area contributed by atoms with Crippen molar-refractivity contribution in [2.45, 2.75) is 23.6 Å². The Balaban J connectivity index is 1.44. The molecular weight excluding hydrogens is 428 g/mol. The predicted octanol–water partition coefficient (Wildman–Crippen LogP) is 6.75. The molecule has 0 aliphatic heterocycles. The second-order valence-electron chi connectivity index (χ2n) is 7.82. The van der Waals surface area contributed by atoms with Crippen molar-refractivity contribution in [3.8, 4) is 0 Å². The molecule has 0 unspecified atom stereocenters. The molecule has 0 aliphatic carbocycles. The van der Waals surface area contributed by atoms with Crippen molar-refractivity contribution in [2.24, 2.45) is 0 Å². The number of hydrogen-bond acceptors (Lipinski definition) is 4. The van der Waals surface area contributed by atoms with Gasteiger partial charge in [0, 0.05) is 32.0 Å². The second-order valence-corrected chi connectivity index (χ2v) is 8.97. The molecular formula is C29H22O3S. The Hall–Kier alpha value is -3.76. The molecule has 0 spiro atoms. The lowest BCUT2D eigenvalue weighted by molar-refractivity contribution is 0.0816. The quantitative estimate of drug-likeness (QED) is 0.231. The molecule has 4 heteroatoms. The standard InChI is InChI=1S/C29H22O3S/c1-19-8-9-20(2)26(18-19)29(32)28(31)23-12-16-25(17-13-23)33-24-14-10-22(11-15-24)27(30)21-6-4-3-5-7-21/h3-18H,1-2H3. The van der Waals surface area contributed by atoms with Crippen LogP contribution in [0.1, 0.15) is 47.8 Å². The maximum atomic E-state index is 12.7. The molecule has 0 amide bonds. The third-order valence-electron chi connectivity index (χ3n) is 5.35. The second kappa shape index (κ2) is 9.80. The minimum atomic E-state index is -0.510. The monoisotopic (exact) mass is 450 g/mol. The molecule has 3 nitrogen and oxygen atoms in total. The number of rotatable bonds is 7. The predicted molar refractivity (Wildman–Crippen MR) is 131 cm³/mol. The number of benzene rings is 4. The van der Waals surface area contributed by atoms with E-state index in [0.29, 0.717) is 22.3 Å². The summed E-state index contributed by atoms with van der Waals surface area (Å²) in [6.07, 6.45) is 0. The van der Waals surface area contributed by atoms with E-state index in [1.807, 2.05) is 80.6 Å². The first-order valence-electron chi connectivity index (χ1n) is 10.6. The molecule has 4 aromatic rings. The molecule has 0 saturated heterocycles. The fourth-order valence-corrected chi connectivity index (χ4v) is 4.29. The molecule has 0 heterocycles. The van der Waals surface area contributed by atoms with Gasteiger partial charge < -0.3 is 0 Å². The normalized spacial score (nSPS) is 10.6. The molecule has 0 fully saturated rings. The summed E-state index contributed by atoms with van der Waals surface area (Å²) in [6.45, 7) is 3.73. The van der Waals surface area contributed by atoms with E-state index in [1.165, 1.54) is 11.8 Å². The van der Waals surface area contributed by atoms with Crippen molar-refractivity contribution < 1.29 is 14.4 Å².